The van der Waals surface area contributed by atoms with Gasteiger partial charge in [-0.1, -0.05) is 277 Å². The van der Waals surface area contributed by atoms with E-state index in [0.29, 0.717) is 0 Å². The highest BCUT2D eigenvalue weighted by Crippen LogP contribution is 2.35. The molecule has 0 saturated heterocycles. The molecule has 0 aliphatic heterocycles. The number of aliphatic imine (C=N–C) groups is 1. The van der Waals surface area contributed by atoms with Crippen LogP contribution in [0.3, 0.4) is 0 Å². The maximum atomic E-state index is 5.49. The van der Waals surface area contributed by atoms with E-state index in [9.17, 15) is 0 Å². The zero-order valence-electron chi connectivity index (χ0n) is 52.2. The van der Waals surface area contributed by atoms with Crippen LogP contribution < -0.4 is 11.1 Å². The molecule has 75 heavy (non-hydrogen) atoms. The summed E-state index contributed by atoms with van der Waals surface area (Å²) < 4.78 is 0. The second-order valence-corrected chi connectivity index (χ2v) is 23.1. The number of allylic oxidation sites excluding steroid dienone is 6. The lowest BCUT2D eigenvalue weighted by molar-refractivity contribution is 0.431. The van der Waals surface area contributed by atoms with Crippen molar-refractivity contribution in [2.45, 2.75) is 344 Å². The van der Waals surface area contributed by atoms with Crippen molar-refractivity contribution < 1.29 is 0 Å². The number of nitrogens with zero attached hydrogens (tertiary/aromatic N) is 2. The molecule has 1 atom stereocenters. The fraction of sp³-hybridized carbons (Fsp3) is 0.803. The van der Waals surface area contributed by atoms with E-state index in [4.69, 9.17) is 15.7 Å². The molecular formula is C71H132N4. The SMILES string of the molecule is C=C(CC)c1nc2c(c(C)c1N=C(C)CCC)C=CCC2.CCCCCCCC/C=C/CCCCCCCNCCCCCCC/C=C/CCCCCCCC.CCCCCCCCC(C)CCCCCCCCN. The first kappa shape index (κ1) is 72.7. The van der Waals surface area contributed by atoms with Gasteiger partial charge in [0, 0.05) is 17.0 Å². The largest absolute Gasteiger partial charge is 0.330 e. The molecule has 0 aromatic carbocycles. The minimum Gasteiger partial charge on any atom is -0.330 e. The third-order valence-electron chi connectivity index (χ3n) is 15.5. The van der Waals surface area contributed by atoms with Gasteiger partial charge in [-0.25, -0.2) is 0 Å². The number of nitrogens with one attached hydrogen (secondary N) is 1. The van der Waals surface area contributed by atoms with Crippen LogP contribution >= 0.6 is 0 Å². The molecule has 0 radical (unpaired) electrons. The topological polar surface area (TPSA) is 63.3 Å². The fourth-order valence-corrected chi connectivity index (χ4v) is 10.3. The highest BCUT2D eigenvalue weighted by atomic mass is 14.8. The third kappa shape index (κ3) is 46.3. The first-order valence-corrected chi connectivity index (χ1v) is 33.4. The Kier molecular flexibility index (Phi) is 56.1. The van der Waals surface area contributed by atoms with Crippen LogP contribution in [-0.2, 0) is 6.42 Å². The van der Waals surface area contributed by atoms with Gasteiger partial charge in [0.1, 0.15) is 0 Å². The molecule has 4 nitrogen and oxygen atoms in total. The van der Waals surface area contributed by atoms with E-state index in [2.05, 4.69) is 104 Å². The Hall–Kier alpha value is -2.30. The average molecular weight is 1040 g/mol. The van der Waals surface area contributed by atoms with Crippen molar-refractivity contribution in [3.63, 3.8) is 0 Å². The molecule has 0 fully saturated rings. The van der Waals surface area contributed by atoms with E-state index in [-0.39, 0.29) is 0 Å². The molecule has 1 aromatic heterocycles. The number of aromatic nitrogens is 1. The number of nitrogens with two attached hydrogens (primary N) is 1. The second-order valence-electron chi connectivity index (χ2n) is 23.1. The number of hydrogen-bond acceptors (Lipinski definition) is 4. The normalized spacial score (nSPS) is 12.8. The maximum Gasteiger partial charge on any atom is 0.0923 e. The quantitative estimate of drug-likeness (QED) is 0.0388. The second kappa shape index (κ2) is 57.9. The molecule has 0 amide bonds. The monoisotopic (exact) mass is 1040 g/mol. The molecule has 3 N–H and O–H groups in total. The molecule has 1 heterocycles. The Balaban J connectivity index is 0.00000117. The zero-order valence-corrected chi connectivity index (χ0v) is 52.2. The van der Waals surface area contributed by atoms with Crippen LogP contribution in [0.1, 0.15) is 353 Å². The summed E-state index contributed by atoms with van der Waals surface area (Å²) in [5, 5.41) is 3.66. The first-order chi connectivity index (χ1) is 36.8. The lowest BCUT2D eigenvalue weighted by atomic mass is 9.94. The maximum absolute atomic E-state index is 5.49. The van der Waals surface area contributed by atoms with E-state index in [1.807, 2.05) is 0 Å². The van der Waals surface area contributed by atoms with Crippen LogP contribution in [0.15, 0.2) is 42.0 Å². The molecule has 1 unspecified atom stereocenters. The fourth-order valence-electron chi connectivity index (χ4n) is 10.3. The standard InChI is InChI=1S/C34H67N.C19H26N2.C18H39N/c1-3-5-7-9-11-13-15-17-19-21-23-25-27-29-31-33-35-34-32-30-28-26-24-22-20-18-16-14-12-10-8-6-4-2;1-6-10-14(4)20-19-15(5)16-11-8-9-12-17(16)21-18(19)13(3)7-2;1-3-4-5-6-9-12-15-18(2)16-13-10-7-8-11-14-17-19/h17-20,35H,3-16,21-34H2,1-2H3;8,11H,3,6-7,9-10,12H2,1-2,4-5H3;18H,3-17,19H2,1-2H3/b19-17+,20-18+;;. The molecule has 1 aromatic rings. The van der Waals surface area contributed by atoms with Crippen molar-refractivity contribution in [3.05, 3.63) is 59.5 Å². The average Bonchev–Trinajstić information content (AvgIpc) is 3.42. The van der Waals surface area contributed by atoms with Gasteiger partial charge >= 0.3 is 0 Å². The summed E-state index contributed by atoms with van der Waals surface area (Å²) in [6.07, 6.45) is 75.2. The Bertz CT molecular complexity index is 1460. The molecule has 0 saturated carbocycles. The summed E-state index contributed by atoms with van der Waals surface area (Å²) in [6, 6.07) is 0. The number of hydrogen-bond donors (Lipinski definition) is 2. The van der Waals surface area contributed by atoms with Crippen molar-refractivity contribution in [2.24, 2.45) is 16.6 Å². The molecule has 0 spiro atoms. The van der Waals surface area contributed by atoms with E-state index in [1.54, 1.807) is 0 Å². The predicted octanol–water partition coefficient (Wildman–Crippen LogP) is 23.6. The highest BCUT2D eigenvalue weighted by molar-refractivity contribution is 5.88. The van der Waals surface area contributed by atoms with Crippen LogP contribution in [0, 0.1) is 12.8 Å². The van der Waals surface area contributed by atoms with Gasteiger partial charge < -0.3 is 11.1 Å². The number of pyridine rings is 1. The third-order valence-corrected chi connectivity index (χ3v) is 15.5. The van der Waals surface area contributed by atoms with Gasteiger partial charge in [-0.15, -0.1) is 0 Å². The van der Waals surface area contributed by atoms with Crippen molar-refractivity contribution in [1.29, 1.82) is 0 Å². The summed E-state index contributed by atoms with van der Waals surface area (Å²) in [6.45, 7) is 25.4. The Morgan fingerprint density at radius 2 is 0.973 bits per heavy atom. The number of unbranched alkanes of at least 4 members (excludes halogenated alkanes) is 32. The van der Waals surface area contributed by atoms with Gasteiger partial charge in [-0.05, 0) is 147 Å². The van der Waals surface area contributed by atoms with Crippen LogP contribution in [0.5, 0.6) is 0 Å². The number of aryl methyl sites for hydroxylation is 1. The van der Waals surface area contributed by atoms with Crippen molar-refractivity contribution in [3.8, 4) is 0 Å². The van der Waals surface area contributed by atoms with Crippen molar-refractivity contribution in [1.82, 2.24) is 10.3 Å². The van der Waals surface area contributed by atoms with Crippen LogP contribution in [0.25, 0.3) is 11.6 Å². The smallest absolute Gasteiger partial charge is 0.0923 e. The summed E-state index contributed by atoms with van der Waals surface area (Å²) in [7, 11) is 0. The lowest BCUT2D eigenvalue weighted by Gasteiger charge is -2.18. The van der Waals surface area contributed by atoms with Gasteiger partial charge in [-0.2, -0.15) is 0 Å². The van der Waals surface area contributed by atoms with Gasteiger partial charge in [0.25, 0.3) is 0 Å². The molecule has 1 aliphatic carbocycles. The molecule has 436 valence electrons. The number of rotatable bonds is 50. The van der Waals surface area contributed by atoms with E-state index in [1.165, 1.54) is 292 Å². The summed E-state index contributed by atoms with van der Waals surface area (Å²) in [5.41, 5.74) is 13.5. The van der Waals surface area contributed by atoms with Gasteiger partial charge in [0.15, 0.2) is 0 Å². The van der Waals surface area contributed by atoms with E-state index < -0.39 is 0 Å². The summed E-state index contributed by atoms with van der Waals surface area (Å²) in [5.74, 6) is 0.954. The van der Waals surface area contributed by atoms with Crippen molar-refractivity contribution >= 4 is 23.0 Å². The van der Waals surface area contributed by atoms with E-state index >= 15 is 0 Å². The van der Waals surface area contributed by atoms with Gasteiger partial charge in [0.05, 0.1) is 11.4 Å². The number of fused-ring (bicyclic) bond motifs is 1. The summed E-state index contributed by atoms with van der Waals surface area (Å²) >= 11 is 0. The molecular weight excluding hydrogens is 909 g/mol. The predicted molar refractivity (Wildman–Crippen MR) is 344 cm³/mol. The molecule has 0 bridgehead atoms. The first-order valence-electron chi connectivity index (χ1n) is 33.4. The van der Waals surface area contributed by atoms with Gasteiger partial charge in [-0.3, -0.25) is 9.98 Å². The molecule has 4 heteroatoms. The van der Waals surface area contributed by atoms with Crippen LogP contribution in [-0.4, -0.2) is 30.3 Å². The minimum absolute atomic E-state index is 0.870. The van der Waals surface area contributed by atoms with E-state index in [0.717, 1.165) is 61.5 Å². The Morgan fingerprint density at radius 3 is 1.39 bits per heavy atom. The highest BCUT2D eigenvalue weighted by Gasteiger charge is 2.18. The van der Waals surface area contributed by atoms with Crippen LogP contribution in [0.2, 0.25) is 0 Å². The Labute approximate surface area is 471 Å². The summed E-state index contributed by atoms with van der Waals surface area (Å²) in [4.78, 5) is 9.78. The zero-order chi connectivity index (χ0) is 54.9. The lowest BCUT2D eigenvalue weighted by Crippen LogP contribution is -2.16. The minimum atomic E-state index is 0.870. The molecule has 1 aliphatic rings. The van der Waals surface area contributed by atoms with Crippen LogP contribution in [0.4, 0.5) is 5.69 Å². The van der Waals surface area contributed by atoms with Gasteiger partial charge in [0.2, 0.25) is 0 Å². The van der Waals surface area contributed by atoms with Crippen molar-refractivity contribution in [2.75, 3.05) is 19.6 Å². The molecule has 2 rings (SSSR count). The Morgan fingerprint density at radius 1 is 0.573 bits per heavy atom.